The molecule has 0 bridgehead atoms. The van der Waals surface area contributed by atoms with Gasteiger partial charge < -0.3 is 15.9 Å². The summed E-state index contributed by atoms with van der Waals surface area (Å²) in [6.45, 7) is 0. The highest BCUT2D eigenvalue weighted by Crippen LogP contribution is 2.20. The first kappa shape index (κ1) is 10.7. The number of aromatic hydroxyl groups is 2. The van der Waals surface area contributed by atoms with Crippen LogP contribution in [0.4, 0.5) is 11.6 Å². The lowest BCUT2D eigenvalue weighted by Crippen LogP contribution is -1.95. The van der Waals surface area contributed by atoms with Gasteiger partial charge in [0.05, 0.1) is 6.21 Å². The number of rotatable bonds is 3. The van der Waals surface area contributed by atoms with E-state index in [4.69, 9.17) is 10.8 Å². The van der Waals surface area contributed by atoms with E-state index in [0.717, 1.165) is 0 Å². The molecular formula is C9H9N5O3. The van der Waals surface area contributed by atoms with Crippen LogP contribution < -0.4 is 11.2 Å². The lowest BCUT2D eigenvalue weighted by molar-refractivity contribution is 0.310. The fourth-order valence-corrected chi connectivity index (χ4v) is 1.08. The van der Waals surface area contributed by atoms with E-state index < -0.39 is 0 Å². The average Bonchev–Trinajstić information content (AvgIpc) is 2.68. The monoisotopic (exact) mass is 235 g/mol. The zero-order chi connectivity index (χ0) is 12.3. The van der Waals surface area contributed by atoms with Crippen LogP contribution in [0, 0.1) is 0 Å². The molecule has 0 radical (unpaired) electrons. The Hall–Kier alpha value is -2.77. The van der Waals surface area contributed by atoms with Crippen molar-refractivity contribution < 1.29 is 14.8 Å². The van der Waals surface area contributed by atoms with Gasteiger partial charge in [-0.3, -0.25) is 5.43 Å². The Morgan fingerprint density at radius 1 is 1.35 bits per heavy atom. The maximum absolute atomic E-state index is 9.45. The Morgan fingerprint density at radius 2 is 2.18 bits per heavy atom. The summed E-state index contributed by atoms with van der Waals surface area (Å²) < 4.78 is 4.34. The molecule has 1 heterocycles. The first-order valence-electron chi connectivity index (χ1n) is 4.56. The van der Waals surface area contributed by atoms with Crippen molar-refractivity contribution in [3.05, 3.63) is 23.8 Å². The number of aromatic nitrogens is 2. The minimum atomic E-state index is -0.0956. The molecule has 0 aliphatic rings. The molecule has 0 spiro atoms. The molecular weight excluding hydrogens is 226 g/mol. The average molecular weight is 235 g/mol. The van der Waals surface area contributed by atoms with Crippen molar-refractivity contribution in [2.45, 2.75) is 0 Å². The molecule has 0 aliphatic heterocycles. The van der Waals surface area contributed by atoms with Crippen LogP contribution in [0.3, 0.4) is 0 Å². The summed E-state index contributed by atoms with van der Waals surface area (Å²) in [5.74, 6) is 0.135. The van der Waals surface area contributed by atoms with Crippen LogP contribution in [0.25, 0.3) is 0 Å². The number of benzene rings is 1. The van der Waals surface area contributed by atoms with Gasteiger partial charge in [0.25, 0.3) is 0 Å². The highest BCUT2D eigenvalue weighted by molar-refractivity contribution is 5.84. The molecule has 0 amide bonds. The van der Waals surface area contributed by atoms with E-state index in [9.17, 15) is 5.11 Å². The molecule has 0 saturated carbocycles. The molecule has 0 unspecified atom stereocenters. The maximum atomic E-state index is 9.45. The molecule has 8 nitrogen and oxygen atoms in total. The molecule has 5 N–H and O–H groups in total. The molecule has 1 aromatic heterocycles. The van der Waals surface area contributed by atoms with E-state index in [2.05, 4.69) is 25.5 Å². The molecule has 2 rings (SSSR count). The van der Waals surface area contributed by atoms with Gasteiger partial charge in [-0.1, -0.05) is 0 Å². The largest absolute Gasteiger partial charge is 0.508 e. The van der Waals surface area contributed by atoms with Crippen LogP contribution in [0.2, 0.25) is 0 Å². The van der Waals surface area contributed by atoms with Crippen molar-refractivity contribution in [3.63, 3.8) is 0 Å². The number of phenolic OH excluding ortho intramolecular Hbond substituents is 2. The van der Waals surface area contributed by atoms with Gasteiger partial charge in [0.2, 0.25) is 11.6 Å². The van der Waals surface area contributed by atoms with Crippen LogP contribution in [0.1, 0.15) is 5.56 Å². The molecule has 0 saturated heterocycles. The Morgan fingerprint density at radius 3 is 2.82 bits per heavy atom. The minimum absolute atomic E-state index is 0.0300. The lowest BCUT2D eigenvalue weighted by Gasteiger charge is -1.99. The minimum Gasteiger partial charge on any atom is -0.508 e. The van der Waals surface area contributed by atoms with Crippen molar-refractivity contribution in [2.24, 2.45) is 5.10 Å². The Balaban J connectivity index is 2.08. The third-order valence-electron chi connectivity index (χ3n) is 1.90. The topological polar surface area (TPSA) is 130 Å². The van der Waals surface area contributed by atoms with Gasteiger partial charge in [0.15, 0.2) is 0 Å². The van der Waals surface area contributed by atoms with Gasteiger partial charge in [0, 0.05) is 11.6 Å². The molecule has 8 heteroatoms. The molecule has 88 valence electrons. The summed E-state index contributed by atoms with van der Waals surface area (Å²) in [5, 5.41) is 29.1. The van der Waals surface area contributed by atoms with Crippen LogP contribution in [-0.2, 0) is 0 Å². The van der Waals surface area contributed by atoms with Gasteiger partial charge in [-0.15, -0.1) is 0 Å². The van der Waals surface area contributed by atoms with E-state index in [1.165, 1.54) is 24.4 Å². The van der Waals surface area contributed by atoms with Crippen molar-refractivity contribution in [1.29, 1.82) is 0 Å². The summed E-state index contributed by atoms with van der Waals surface area (Å²) in [7, 11) is 0. The molecule has 2 aromatic rings. The van der Waals surface area contributed by atoms with E-state index in [1.807, 2.05) is 0 Å². The van der Waals surface area contributed by atoms with E-state index in [0.29, 0.717) is 5.56 Å². The number of hydrogen-bond donors (Lipinski definition) is 4. The molecule has 0 aliphatic carbocycles. The summed E-state index contributed by atoms with van der Waals surface area (Å²) in [6, 6.07) is 4.13. The number of phenols is 2. The quantitative estimate of drug-likeness (QED) is 0.450. The van der Waals surface area contributed by atoms with Crippen molar-refractivity contribution in [1.82, 2.24) is 10.3 Å². The SMILES string of the molecule is Nc1nonc1N/N=C\c1ccc(O)cc1O. The standard InChI is InChI=1S/C9H9N5O3/c10-8-9(14-17-13-8)12-11-4-5-1-2-6(15)3-7(5)16/h1-4,15-16H,(H2,10,13)(H,12,14)/b11-4-. The molecule has 17 heavy (non-hydrogen) atoms. The highest BCUT2D eigenvalue weighted by atomic mass is 16.6. The Kier molecular flexibility index (Phi) is 2.77. The van der Waals surface area contributed by atoms with E-state index in [1.54, 1.807) is 0 Å². The van der Waals surface area contributed by atoms with Crippen LogP contribution in [0.5, 0.6) is 11.5 Å². The fourth-order valence-electron chi connectivity index (χ4n) is 1.08. The maximum Gasteiger partial charge on any atom is 0.235 e. The third kappa shape index (κ3) is 2.43. The van der Waals surface area contributed by atoms with Crippen LogP contribution in [-0.4, -0.2) is 26.7 Å². The van der Waals surface area contributed by atoms with Gasteiger partial charge in [-0.05, 0) is 22.4 Å². The van der Waals surface area contributed by atoms with Crippen LogP contribution >= 0.6 is 0 Å². The first-order valence-corrected chi connectivity index (χ1v) is 4.56. The van der Waals surface area contributed by atoms with Crippen molar-refractivity contribution >= 4 is 17.9 Å². The van der Waals surface area contributed by atoms with Gasteiger partial charge >= 0.3 is 0 Å². The zero-order valence-electron chi connectivity index (χ0n) is 8.53. The van der Waals surface area contributed by atoms with Crippen LogP contribution in [0.15, 0.2) is 27.9 Å². The zero-order valence-corrected chi connectivity index (χ0v) is 8.53. The number of nitrogens with zero attached hydrogens (tertiary/aromatic N) is 3. The van der Waals surface area contributed by atoms with Crippen molar-refractivity contribution in [2.75, 3.05) is 11.2 Å². The Bertz CT molecular complexity index is 551. The normalized spacial score (nSPS) is 10.8. The number of nitrogen functional groups attached to an aromatic ring is 1. The molecule has 1 aromatic carbocycles. The number of nitrogens with two attached hydrogens (primary N) is 1. The predicted molar refractivity (Wildman–Crippen MR) is 59.7 cm³/mol. The summed E-state index contributed by atoms with van der Waals surface area (Å²) in [6.07, 6.45) is 1.34. The second-order valence-corrected chi connectivity index (χ2v) is 3.11. The lowest BCUT2D eigenvalue weighted by atomic mass is 10.2. The van der Waals surface area contributed by atoms with E-state index >= 15 is 0 Å². The Labute approximate surface area is 95.3 Å². The van der Waals surface area contributed by atoms with Gasteiger partial charge in [-0.25, -0.2) is 4.63 Å². The third-order valence-corrected chi connectivity index (χ3v) is 1.90. The second kappa shape index (κ2) is 4.39. The summed E-state index contributed by atoms with van der Waals surface area (Å²) >= 11 is 0. The number of hydrogen-bond acceptors (Lipinski definition) is 8. The highest BCUT2D eigenvalue weighted by Gasteiger charge is 2.03. The van der Waals surface area contributed by atoms with E-state index in [-0.39, 0.29) is 23.1 Å². The van der Waals surface area contributed by atoms with Crippen molar-refractivity contribution in [3.8, 4) is 11.5 Å². The first-order chi connectivity index (χ1) is 8.16. The molecule has 0 fully saturated rings. The predicted octanol–water partition coefficient (Wildman–Crippen LogP) is 0.509. The van der Waals surface area contributed by atoms with Gasteiger partial charge in [0.1, 0.15) is 11.5 Å². The fraction of sp³-hybridized carbons (Fsp3) is 0. The number of anilines is 2. The summed E-state index contributed by atoms with van der Waals surface area (Å²) in [5.41, 5.74) is 8.29. The number of hydrazone groups is 1. The second-order valence-electron chi connectivity index (χ2n) is 3.11. The number of nitrogens with one attached hydrogen (secondary N) is 1. The molecule has 0 atom stereocenters. The summed E-state index contributed by atoms with van der Waals surface area (Å²) in [4.78, 5) is 0. The smallest absolute Gasteiger partial charge is 0.235 e. The van der Waals surface area contributed by atoms with Gasteiger partial charge in [-0.2, -0.15) is 5.10 Å².